The standard InChI is InChI=1S/C49H74N6O8/c1-6-7-8-9-10-11-12-13-14-15-16-17-21-28-43(59)54-45(35(5)58)49(63)55-44(33(2)3)48(62)52-40(29-36-24-19-18-20-25-36)46(60)51-41(47(61)53-42(32-56)34(4)57)30-37-31-50-39-27-23-22-26-38(37)39/h18-20,22-27,31,33,35,40-42,44-45,50,56,58H,6-17,21,28-30,32H2,1-5H3,(H,51,60)(H,52,62)(H,53,61)(H,54,59)(H,55,63)/t35-,40+,41+,42+,44+,45?/m1/s1. The van der Waals surface area contributed by atoms with Crippen molar-refractivity contribution in [2.45, 2.75) is 174 Å². The molecule has 1 heterocycles. The van der Waals surface area contributed by atoms with Crippen molar-refractivity contribution in [3.8, 4) is 0 Å². The summed E-state index contributed by atoms with van der Waals surface area (Å²) in [5.41, 5.74) is 2.24. The molecule has 6 atom stereocenters. The van der Waals surface area contributed by atoms with Crippen LogP contribution in [-0.2, 0) is 41.6 Å². The van der Waals surface area contributed by atoms with Crippen molar-refractivity contribution in [2.24, 2.45) is 5.92 Å². The molecule has 3 aromatic rings. The Bertz CT molecular complexity index is 1860. The van der Waals surface area contributed by atoms with Crippen molar-refractivity contribution in [1.29, 1.82) is 0 Å². The van der Waals surface area contributed by atoms with Crippen LogP contribution in [0, 0.1) is 5.92 Å². The quantitative estimate of drug-likeness (QED) is 0.0387. The Balaban J connectivity index is 1.67. The summed E-state index contributed by atoms with van der Waals surface area (Å²) in [5.74, 6) is -4.16. The smallest absolute Gasteiger partial charge is 0.245 e. The number of fused-ring (bicyclic) bond motifs is 1. The number of hydrogen-bond acceptors (Lipinski definition) is 8. The van der Waals surface area contributed by atoms with Gasteiger partial charge in [0.05, 0.1) is 12.7 Å². The van der Waals surface area contributed by atoms with E-state index in [2.05, 4.69) is 38.5 Å². The Morgan fingerprint density at radius 2 is 1.10 bits per heavy atom. The summed E-state index contributed by atoms with van der Waals surface area (Å²) in [6.45, 7) is 7.66. The van der Waals surface area contributed by atoms with E-state index in [1.165, 1.54) is 71.6 Å². The normalized spacial score (nSPS) is 14.2. The van der Waals surface area contributed by atoms with Gasteiger partial charge in [-0.1, -0.05) is 146 Å². The number of nitrogens with one attached hydrogen (secondary N) is 6. The number of carbonyl (C=O) groups is 6. The molecule has 0 saturated carbocycles. The van der Waals surface area contributed by atoms with Crippen molar-refractivity contribution in [3.05, 3.63) is 71.9 Å². The fourth-order valence-corrected chi connectivity index (χ4v) is 7.60. The maximum absolute atomic E-state index is 14.2. The van der Waals surface area contributed by atoms with Crippen LogP contribution in [0.1, 0.15) is 136 Å². The molecule has 8 N–H and O–H groups in total. The highest BCUT2D eigenvalue weighted by Gasteiger charge is 2.35. The lowest BCUT2D eigenvalue weighted by Gasteiger charge is -2.29. The van der Waals surface area contributed by atoms with Crippen molar-refractivity contribution >= 4 is 46.2 Å². The van der Waals surface area contributed by atoms with Crippen LogP contribution in [0.3, 0.4) is 0 Å². The second-order valence-corrected chi connectivity index (χ2v) is 17.2. The third-order valence-corrected chi connectivity index (χ3v) is 11.5. The fraction of sp³-hybridized carbons (Fsp3) is 0.592. The van der Waals surface area contributed by atoms with Crippen molar-refractivity contribution in [2.75, 3.05) is 6.61 Å². The van der Waals surface area contributed by atoms with E-state index in [0.29, 0.717) is 17.5 Å². The summed E-state index contributed by atoms with van der Waals surface area (Å²) in [6, 6.07) is 10.3. The van der Waals surface area contributed by atoms with Crippen LogP contribution in [0.5, 0.6) is 0 Å². The molecule has 348 valence electrons. The lowest BCUT2D eigenvalue weighted by atomic mass is 9.99. The van der Waals surface area contributed by atoms with E-state index in [9.17, 15) is 39.0 Å². The van der Waals surface area contributed by atoms with E-state index in [-0.39, 0.29) is 25.2 Å². The lowest BCUT2D eigenvalue weighted by molar-refractivity contribution is -0.136. The van der Waals surface area contributed by atoms with Crippen LogP contribution in [0.2, 0.25) is 0 Å². The number of aromatic amines is 1. The molecule has 0 saturated heterocycles. The highest BCUT2D eigenvalue weighted by atomic mass is 16.3. The van der Waals surface area contributed by atoms with E-state index in [1.807, 2.05) is 30.3 Å². The number of carbonyl (C=O) groups excluding carboxylic acids is 6. The average molecular weight is 875 g/mol. The topological polar surface area (TPSA) is 219 Å². The predicted molar refractivity (Wildman–Crippen MR) is 246 cm³/mol. The first kappa shape index (κ1) is 52.3. The Kier molecular flexibility index (Phi) is 23.7. The molecule has 14 nitrogen and oxygen atoms in total. The molecule has 63 heavy (non-hydrogen) atoms. The number of para-hydroxylation sites is 1. The number of aromatic nitrogens is 1. The molecule has 0 spiro atoms. The van der Waals surface area contributed by atoms with Gasteiger partial charge in [0.2, 0.25) is 29.5 Å². The Hall–Kier alpha value is -5.08. The van der Waals surface area contributed by atoms with E-state index >= 15 is 0 Å². The molecule has 2 aromatic carbocycles. The van der Waals surface area contributed by atoms with Crippen LogP contribution in [0.15, 0.2) is 60.8 Å². The van der Waals surface area contributed by atoms with Crippen LogP contribution < -0.4 is 26.6 Å². The summed E-state index contributed by atoms with van der Waals surface area (Å²) in [5, 5.41) is 34.6. The van der Waals surface area contributed by atoms with Crippen molar-refractivity contribution < 1.29 is 39.0 Å². The monoisotopic (exact) mass is 875 g/mol. The summed E-state index contributed by atoms with van der Waals surface area (Å²) in [7, 11) is 0. The summed E-state index contributed by atoms with van der Waals surface area (Å²) >= 11 is 0. The van der Waals surface area contributed by atoms with Gasteiger partial charge in [-0.25, -0.2) is 0 Å². The first-order chi connectivity index (χ1) is 30.2. The van der Waals surface area contributed by atoms with Crippen LogP contribution in [0.25, 0.3) is 10.9 Å². The minimum absolute atomic E-state index is 0.0140. The maximum Gasteiger partial charge on any atom is 0.245 e. The Morgan fingerprint density at radius 3 is 1.65 bits per heavy atom. The van der Waals surface area contributed by atoms with Gasteiger partial charge in [-0.3, -0.25) is 28.8 Å². The third kappa shape index (κ3) is 18.7. The fourth-order valence-electron chi connectivity index (χ4n) is 7.60. The van der Waals surface area contributed by atoms with Gasteiger partial charge in [-0.15, -0.1) is 0 Å². The predicted octanol–water partition coefficient (Wildman–Crippen LogP) is 5.48. The zero-order chi connectivity index (χ0) is 46.1. The van der Waals surface area contributed by atoms with E-state index in [4.69, 9.17) is 0 Å². The van der Waals surface area contributed by atoms with E-state index < -0.39 is 78.2 Å². The van der Waals surface area contributed by atoms with Gasteiger partial charge in [0.15, 0.2) is 5.78 Å². The molecule has 1 aromatic heterocycles. The molecular weight excluding hydrogens is 801 g/mol. The SMILES string of the molecule is CCCCCCCCCCCCCCCC(=O)NC(C(=O)N[C@H](C(=O)N[C@@H](Cc1ccccc1)C(=O)N[C@@H](Cc1c[nH]c2ccccc12)C(=O)N[C@@H](CO)C(C)=O)C(C)C)[C@@H](C)O. The Labute approximate surface area is 373 Å². The molecule has 3 rings (SSSR count). The van der Waals surface area contributed by atoms with Gasteiger partial charge in [0, 0.05) is 36.4 Å². The van der Waals surface area contributed by atoms with Gasteiger partial charge >= 0.3 is 0 Å². The summed E-state index contributed by atoms with van der Waals surface area (Å²) in [6.07, 6.45) is 15.9. The van der Waals surface area contributed by atoms with Gasteiger partial charge < -0.3 is 41.8 Å². The van der Waals surface area contributed by atoms with Crippen molar-refractivity contribution in [1.82, 2.24) is 31.6 Å². The highest BCUT2D eigenvalue weighted by molar-refractivity contribution is 5.97. The van der Waals surface area contributed by atoms with Crippen LogP contribution in [-0.4, -0.2) is 93.4 Å². The molecule has 0 radical (unpaired) electrons. The number of benzene rings is 2. The number of hydrogen-bond donors (Lipinski definition) is 8. The molecule has 0 aliphatic rings. The summed E-state index contributed by atoms with van der Waals surface area (Å²) < 4.78 is 0. The maximum atomic E-state index is 14.2. The number of unbranched alkanes of at least 4 members (excludes halogenated alkanes) is 12. The molecule has 1 unspecified atom stereocenters. The largest absolute Gasteiger partial charge is 0.394 e. The number of aliphatic hydroxyl groups is 2. The molecular formula is C49H74N6O8. The molecule has 0 bridgehead atoms. The summed E-state index contributed by atoms with van der Waals surface area (Å²) in [4.78, 5) is 83.9. The zero-order valence-electron chi connectivity index (χ0n) is 38.2. The van der Waals surface area contributed by atoms with Gasteiger partial charge in [0.25, 0.3) is 0 Å². The minimum atomic E-state index is -1.32. The van der Waals surface area contributed by atoms with Gasteiger partial charge in [-0.2, -0.15) is 0 Å². The van der Waals surface area contributed by atoms with Crippen molar-refractivity contribution in [3.63, 3.8) is 0 Å². The number of Topliss-reactive ketones (excluding diaryl/α,β-unsaturated/α-hetero) is 1. The van der Waals surface area contributed by atoms with Crippen LogP contribution in [0.4, 0.5) is 0 Å². The van der Waals surface area contributed by atoms with Crippen LogP contribution >= 0.6 is 0 Å². The molecule has 0 aliphatic carbocycles. The second-order valence-electron chi connectivity index (χ2n) is 17.2. The first-order valence-electron chi connectivity index (χ1n) is 23.1. The molecule has 5 amide bonds. The number of ketones is 1. The van der Waals surface area contributed by atoms with Gasteiger partial charge in [0.1, 0.15) is 30.2 Å². The lowest BCUT2D eigenvalue weighted by Crippen LogP contribution is -2.61. The molecule has 14 heteroatoms. The minimum Gasteiger partial charge on any atom is -0.394 e. The Morgan fingerprint density at radius 1 is 0.587 bits per heavy atom. The van der Waals surface area contributed by atoms with Gasteiger partial charge in [-0.05, 0) is 43.4 Å². The second kappa shape index (κ2) is 28.6. The first-order valence-corrected chi connectivity index (χ1v) is 23.1. The zero-order valence-corrected chi connectivity index (χ0v) is 38.2. The molecule has 0 fully saturated rings. The number of H-pyrrole nitrogens is 1. The average Bonchev–Trinajstić information content (AvgIpc) is 3.67. The number of amides is 5. The number of aliphatic hydroxyl groups excluding tert-OH is 2. The van der Waals surface area contributed by atoms with E-state index in [0.717, 1.165) is 30.2 Å². The van der Waals surface area contributed by atoms with E-state index in [1.54, 1.807) is 44.3 Å². The number of rotatable bonds is 31. The molecule has 0 aliphatic heterocycles. The third-order valence-electron chi connectivity index (χ3n) is 11.5. The highest BCUT2D eigenvalue weighted by Crippen LogP contribution is 2.20.